The Morgan fingerprint density at radius 3 is 2.68 bits per heavy atom. The minimum absolute atomic E-state index is 0.167. The van der Waals surface area contributed by atoms with Gasteiger partial charge < -0.3 is 9.32 Å². The highest BCUT2D eigenvalue weighted by Crippen LogP contribution is 2.18. The average Bonchev–Trinajstić information content (AvgIpc) is 2.77. The number of halogens is 3. The Balaban J connectivity index is 2.17. The highest BCUT2D eigenvalue weighted by molar-refractivity contribution is 9.10. The highest BCUT2D eigenvalue weighted by atomic mass is 79.9. The number of nitrogens with zero attached hydrogens (tertiary/aromatic N) is 1. The zero-order valence-electron chi connectivity index (χ0n) is 9.99. The molecule has 0 saturated heterocycles. The summed E-state index contributed by atoms with van der Waals surface area (Å²) in [5.41, 5.74) is -0.298. The van der Waals surface area contributed by atoms with Gasteiger partial charge in [-0.3, -0.25) is 4.79 Å². The predicted octanol–water partition coefficient (Wildman–Crippen LogP) is 3.59. The van der Waals surface area contributed by atoms with Crippen molar-refractivity contribution in [2.24, 2.45) is 0 Å². The highest BCUT2D eigenvalue weighted by Gasteiger charge is 2.19. The van der Waals surface area contributed by atoms with E-state index < -0.39 is 17.5 Å². The molecule has 6 heteroatoms. The van der Waals surface area contributed by atoms with Gasteiger partial charge in [0.2, 0.25) is 0 Å². The molecule has 19 heavy (non-hydrogen) atoms. The first kappa shape index (κ1) is 13.7. The van der Waals surface area contributed by atoms with Crippen molar-refractivity contribution < 1.29 is 18.0 Å². The van der Waals surface area contributed by atoms with E-state index in [0.717, 1.165) is 6.07 Å². The first-order chi connectivity index (χ1) is 8.99. The van der Waals surface area contributed by atoms with E-state index in [2.05, 4.69) is 15.9 Å². The van der Waals surface area contributed by atoms with Crippen molar-refractivity contribution in [2.75, 3.05) is 7.05 Å². The van der Waals surface area contributed by atoms with Crippen LogP contribution in [0.25, 0.3) is 0 Å². The van der Waals surface area contributed by atoms with Crippen LogP contribution in [0, 0.1) is 11.6 Å². The molecule has 0 fully saturated rings. The molecule has 2 rings (SSSR count). The molecule has 1 amide bonds. The summed E-state index contributed by atoms with van der Waals surface area (Å²) in [5, 5.41) is 0. The second-order valence-electron chi connectivity index (χ2n) is 3.97. The van der Waals surface area contributed by atoms with E-state index in [1.807, 2.05) is 0 Å². The minimum Gasteiger partial charge on any atom is -0.452 e. The lowest BCUT2D eigenvalue weighted by molar-refractivity contribution is 0.0769. The van der Waals surface area contributed by atoms with Gasteiger partial charge >= 0.3 is 0 Å². The Labute approximate surface area is 116 Å². The number of hydrogen-bond acceptors (Lipinski definition) is 2. The summed E-state index contributed by atoms with van der Waals surface area (Å²) in [7, 11) is 1.49. The smallest absolute Gasteiger partial charge is 0.257 e. The van der Waals surface area contributed by atoms with Crippen molar-refractivity contribution >= 4 is 21.8 Å². The fourth-order valence-corrected chi connectivity index (χ4v) is 1.96. The van der Waals surface area contributed by atoms with Gasteiger partial charge in [-0.2, -0.15) is 0 Å². The first-order valence-corrected chi connectivity index (χ1v) is 6.22. The summed E-state index contributed by atoms with van der Waals surface area (Å²) < 4.78 is 32.4. The van der Waals surface area contributed by atoms with Crippen LogP contribution >= 0.6 is 15.9 Å². The van der Waals surface area contributed by atoms with Gasteiger partial charge in [-0.05, 0) is 40.2 Å². The van der Waals surface area contributed by atoms with Crippen LogP contribution in [-0.2, 0) is 6.54 Å². The zero-order chi connectivity index (χ0) is 14.0. The topological polar surface area (TPSA) is 33.5 Å². The normalized spacial score (nSPS) is 10.5. The van der Waals surface area contributed by atoms with Crippen molar-refractivity contribution in [3.63, 3.8) is 0 Å². The number of furan rings is 1. The summed E-state index contributed by atoms with van der Waals surface area (Å²) in [5.74, 6) is -2.25. The second-order valence-corrected chi connectivity index (χ2v) is 4.75. The average molecular weight is 330 g/mol. The Hall–Kier alpha value is -1.69. The molecule has 0 bridgehead atoms. The van der Waals surface area contributed by atoms with Gasteiger partial charge in [-0.25, -0.2) is 8.78 Å². The molecule has 0 aliphatic rings. The maximum atomic E-state index is 13.5. The van der Waals surface area contributed by atoms with Crippen molar-refractivity contribution in [2.45, 2.75) is 6.54 Å². The third-order valence-electron chi connectivity index (χ3n) is 2.55. The van der Waals surface area contributed by atoms with Gasteiger partial charge in [-0.1, -0.05) is 6.07 Å². The number of hydrogen-bond donors (Lipinski definition) is 0. The molecule has 0 aliphatic heterocycles. The van der Waals surface area contributed by atoms with Crippen LogP contribution in [0.3, 0.4) is 0 Å². The van der Waals surface area contributed by atoms with Crippen LogP contribution in [0.4, 0.5) is 8.78 Å². The molecule has 0 N–H and O–H groups in total. The number of carbonyl (C=O) groups is 1. The SMILES string of the molecule is CN(Cc1ccc(Br)o1)C(=O)c1cccc(F)c1F. The van der Waals surface area contributed by atoms with Crippen molar-refractivity contribution in [1.82, 2.24) is 4.90 Å². The molecule has 0 saturated carbocycles. The van der Waals surface area contributed by atoms with E-state index in [1.165, 1.54) is 24.1 Å². The Bertz CT molecular complexity index is 612. The van der Waals surface area contributed by atoms with Gasteiger partial charge in [0.15, 0.2) is 16.3 Å². The lowest BCUT2D eigenvalue weighted by Gasteiger charge is -2.16. The molecule has 1 heterocycles. The first-order valence-electron chi connectivity index (χ1n) is 5.42. The lowest BCUT2D eigenvalue weighted by Crippen LogP contribution is -2.27. The van der Waals surface area contributed by atoms with Crippen LogP contribution in [-0.4, -0.2) is 17.9 Å². The number of benzene rings is 1. The van der Waals surface area contributed by atoms with Crippen LogP contribution < -0.4 is 0 Å². The van der Waals surface area contributed by atoms with Crippen molar-refractivity contribution in [3.05, 3.63) is 58.0 Å². The Kier molecular flexibility index (Phi) is 3.99. The fraction of sp³-hybridized carbons (Fsp3) is 0.154. The van der Waals surface area contributed by atoms with Gasteiger partial charge in [0.1, 0.15) is 5.76 Å². The van der Waals surface area contributed by atoms with Crippen molar-refractivity contribution in [1.29, 1.82) is 0 Å². The van der Waals surface area contributed by atoms with Gasteiger partial charge in [0.25, 0.3) is 5.91 Å². The van der Waals surface area contributed by atoms with E-state index >= 15 is 0 Å². The molecule has 0 spiro atoms. The number of carbonyl (C=O) groups excluding carboxylic acids is 1. The molecule has 0 unspecified atom stereocenters. The van der Waals surface area contributed by atoms with E-state index in [1.54, 1.807) is 12.1 Å². The Morgan fingerprint density at radius 1 is 1.32 bits per heavy atom. The number of amides is 1. The molecular weight excluding hydrogens is 320 g/mol. The molecule has 1 aromatic heterocycles. The van der Waals surface area contributed by atoms with E-state index in [-0.39, 0.29) is 12.1 Å². The Morgan fingerprint density at radius 2 is 2.05 bits per heavy atom. The molecule has 0 radical (unpaired) electrons. The minimum atomic E-state index is -1.14. The summed E-state index contributed by atoms with van der Waals surface area (Å²) >= 11 is 3.15. The molecule has 0 atom stereocenters. The second kappa shape index (κ2) is 5.52. The largest absolute Gasteiger partial charge is 0.452 e. The zero-order valence-corrected chi connectivity index (χ0v) is 11.6. The third-order valence-corrected chi connectivity index (χ3v) is 2.98. The molecule has 0 aliphatic carbocycles. The summed E-state index contributed by atoms with van der Waals surface area (Å²) in [6.45, 7) is 0.167. The molecule has 1 aromatic carbocycles. The lowest BCUT2D eigenvalue weighted by atomic mass is 10.2. The van der Waals surface area contributed by atoms with Crippen LogP contribution in [0.15, 0.2) is 39.4 Å². The van der Waals surface area contributed by atoms with Gasteiger partial charge in [0, 0.05) is 7.05 Å². The van der Waals surface area contributed by atoms with Crippen molar-refractivity contribution in [3.8, 4) is 0 Å². The third kappa shape index (κ3) is 3.01. The summed E-state index contributed by atoms with van der Waals surface area (Å²) in [6, 6.07) is 6.89. The maximum Gasteiger partial charge on any atom is 0.257 e. The van der Waals surface area contributed by atoms with Crippen LogP contribution in [0.5, 0.6) is 0 Å². The van der Waals surface area contributed by atoms with Crippen LogP contribution in [0.1, 0.15) is 16.1 Å². The van der Waals surface area contributed by atoms with Crippen LogP contribution in [0.2, 0.25) is 0 Å². The number of rotatable bonds is 3. The van der Waals surface area contributed by atoms with E-state index in [9.17, 15) is 13.6 Å². The molecular formula is C13H10BrF2NO2. The monoisotopic (exact) mass is 329 g/mol. The summed E-state index contributed by atoms with van der Waals surface area (Å²) in [6.07, 6.45) is 0. The molecule has 2 aromatic rings. The molecule has 100 valence electrons. The van der Waals surface area contributed by atoms with E-state index in [0.29, 0.717) is 10.4 Å². The van der Waals surface area contributed by atoms with Gasteiger partial charge in [-0.15, -0.1) is 0 Å². The summed E-state index contributed by atoms with van der Waals surface area (Å²) in [4.78, 5) is 13.2. The van der Waals surface area contributed by atoms with E-state index in [4.69, 9.17) is 4.42 Å². The fourth-order valence-electron chi connectivity index (χ4n) is 1.62. The predicted molar refractivity (Wildman–Crippen MR) is 68.6 cm³/mol. The standard InChI is InChI=1S/C13H10BrF2NO2/c1-17(7-8-5-6-11(14)19-8)13(18)9-3-2-4-10(15)12(9)16/h2-6H,7H2,1H3. The quantitative estimate of drug-likeness (QED) is 0.862. The molecule has 3 nitrogen and oxygen atoms in total. The maximum absolute atomic E-state index is 13.5. The van der Waals surface area contributed by atoms with Gasteiger partial charge in [0.05, 0.1) is 12.1 Å².